The summed E-state index contributed by atoms with van der Waals surface area (Å²) in [6.07, 6.45) is 3.22. The third-order valence-electron chi connectivity index (χ3n) is 2.60. The molecule has 0 saturated heterocycles. The molecule has 0 spiro atoms. The van der Waals surface area contributed by atoms with E-state index < -0.39 is 0 Å². The highest BCUT2D eigenvalue weighted by Crippen LogP contribution is 2.15. The molecule has 1 N–H and O–H groups in total. The van der Waals surface area contributed by atoms with Gasteiger partial charge in [-0.05, 0) is 29.6 Å². The number of amides is 1. The van der Waals surface area contributed by atoms with Crippen molar-refractivity contribution in [2.45, 2.75) is 0 Å². The van der Waals surface area contributed by atoms with Gasteiger partial charge in [-0.3, -0.25) is 9.36 Å². The largest absolute Gasteiger partial charge is 0.322 e. The first-order chi connectivity index (χ1) is 9.33. The number of nitrogens with zero attached hydrogens (tertiary/aromatic N) is 3. The van der Waals surface area contributed by atoms with Gasteiger partial charge < -0.3 is 5.32 Å². The van der Waals surface area contributed by atoms with E-state index in [-0.39, 0.29) is 5.91 Å². The highest BCUT2D eigenvalue weighted by Gasteiger charge is 2.06. The summed E-state index contributed by atoms with van der Waals surface area (Å²) in [6, 6.07) is 9.30. The Hall–Kier alpha value is -2.47. The van der Waals surface area contributed by atoms with Crippen molar-refractivity contribution in [3.05, 3.63) is 59.3 Å². The lowest BCUT2D eigenvalue weighted by Gasteiger charge is -2.06. The smallest absolute Gasteiger partial charge is 0.256 e. The lowest BCUT2D eigenvalue weighted by atomic mass is 10.2. The van der Waals surface area contributed by atoms with Crippen LogP contribution in [0.3, 0.4) is 0 Å². The second-order valence-electron chi connectivity index (χ2n) is 3.89. The van der Waals surface area contributed by atoms with Crippen molar-refractivity contribution in [2.24, 2.45) is 0 Å². The van der Waals surface area contributed by atoms with Crippen LogP contribution in [0, 0.1) is 0 Å². The number of carbonyl (C=O) groups excluding carboxylic acids is 1. The zero-order chi connectivity index (χ0) is 13.1. The van der Waals surface area contributed by atoms with Crippen LogP contribution in [0.2, 0.25) is 0 Å². The first kappa shape index (κ1) is 11.6. The number of benzene rings is 1. The van der Waals surface area contributed by atoms with Crippen molar-refractivity contribution >= 4 is 22.9 Å². The van der Waals surface area contributed by atoms with Gasteiger partial charge in [-0.25, -0.2) is 0 Å². The van der Waals surface area contributed by atoms with Crippen LogP contribution >= 0.6 is 11.3 Å². The van der Waals surface area contributed by atoms with E-state index in [1.54, 1.807) is 23.3 Å². The minimum atomic E-state index is -0.109. The first-order valence-electron chi connectivity index (χ1n) is 5.61. The molecular weight excluding hydrogens is 260 g/mol. The molecule has 0 radical (unpaired) electrons. The van der Waals surface area contributed by atoms with Gasteiger partial charge in [-0.1, -0.05) is 6.07 Å². The van der Waals surface area contributed by atoms with Gasteiger partial charge in [0.2, 0.25) is 0 Å². The summed E-state index contributed by atoms with van der Waals surface area (Å²) >= 11 is 1.50. The van der Waals surface area contributed by atoms with Crippen LogP contribution in [-0.4, -0.2) is 20.7 Å². The normalized spacial score (nSPS) is 10.3. The van der Waals surface area contributed by atoms with Crippen LogP contribution in [0.4, 0.5) is 5.69 Å². The van der Waals surface area contributed by atoms with Crippen LogP contribution in [-0.2, 0) is 0 Å². The molecule has 3 aromatic rings. The third-order valence-corrected chi connectivity index (χ3v) is 3.29. The highest BCUT2D eigenvalue weighted by molar-refractivity contribution is 7.08. The molecule has 94 valence electrons. The van der Waals surface area contributed by atoms with E-state index in [4.69, 9.17) is 0 Å². The molecule has 2 aromatic heterocycles. The molecule has 0 aliphatic rings. The molecule has 0 unspecified atom stereocenters. The number of carbonyl (C=O) groups is 1. The minimum absolute atomic E-state index is 0.109. The van der Waals surface area contributed by atoms with E-state index >= 15 is 0 Å². The van der Waals surface area contributed by atoms with Gasteiger partial charge >= 0.3 is 0 Å². The molecule has 6 heteroatoms. The Labute approximate surface area is 113 Å². The SMILES string of the molecule is O=C(Nc1cccc(-n2cnnc2)c1)c1ccsc1. The van der Waals surface area contributed by atoms with Gasteiger partial charge in [-0.2, -0.15) is 11.3 Å². The minimum Gasteiger partial charge on any atom is -0.322 e. The van der Waals surface area contributed by atoms with Crippen molar-refractivity contribution in [3.63, 3.8) is 0 Å². The Balaban J connectivity index is 1.82. The summed E-state index contributed by atoms with van der Waals surface area (Å²) in [6.45, 7) is 0. The number of nitrogens with one attached hydrogen (secondary N) is 1. The van der Waals surface area contributed by atoms with Gasteiger partial charge in [0.1, 0.15) is 12.7 Å². The fourth-order valence-electron chi connectivity index (χ4n) is 1.68. The summed E-state index contributed by atoms with van der Waals surface area (Å²) in [5, 5.41) is 14.1. The first-order valence-corrected chi connectivity index (χ1v) is 6.56. The average Bonchev–Trinajstić information content (AvgIpc) is 3.13. The fourth-order valence-corrected chi connectivity index (χ4v) is 2.31. The molecular formula is C13H10N4OS. The Morgan fingerprint density at radius 3 is 2.79 bits per heavy atom. The molecule has 19 heavy (non-hydrogen) atoms. The monoisotopic (exact) mass is 270 g/mol. The molecule has 3 rings (SSSR count). The van der Waals surface area contributed by atoms with E-state index in [9.17, 15) is 4.79 Å². The number of anilines is 1. The Morgan fingerprint density at radius 2 is 2.05 bits per heavy atom. The molecule has 1 amide bonds. The quantitative estimate of drug-likeness (QED) is 0.795. The molecule has 0 aliphatic carbocycles. The lowest BCUT2D eigenvalue weighted by Crippen LogP contribution is -2.10. The standard InChI is InChI=1S/C13H10N4OS/c18-13(10-4-5-19-7-10)16-11-2-1-3-12(6-11)17-8-14-15-9-17/h1-9H,(H,16,18). The molecule has 2 heterocycles. The van der Waals surface area contributed by atoms with E-state index in [1.807, 2.05) is 35.0 Å². The second-order valence-corrected chi connectivity index (χ2v) is 4.67. The Morgan fingerprint density at radius 1 is 1.21 bits per heavy atom. The van der Waals surface area contributed by atoms with Gasteiger partial charge in [0.25, 0.3) is 5.91 Å². The van der Waals surface area contributed by atoms with Crippen molar-refractivity contribution in [3.8, 4) is 5.69 Å². The van der Waals surface area contributed by atoms with Crippen LogP contribution in [0.5, 0.6) is 0 Å². The van der Waals surface area contributed by atoms with Crippen LogP contribution in [0.25, 0.3) is 5.69 Å². The van der Waals surface area contributed by atoms with Gasteiger partial charge in [-0.15, -0.1) is 10.2 Å². The number of rotatable bonds is 3. The lowest BCUT2D eigenvalue weighted by molar-refractivity contribution is 0.102. The van der Waals surface area contributed by atoms with Gasteiger partial charge in [0.15, 0.2) is 0 Å². The summed E-state index contributed by atoms with van der Waals surface area (Å²) in [5.74, 6) is -0.109. The average molecular weight is 270 g/mol. The topological polar surface area (TPSA) is 59.8 Å². The predicted octanol–water partition coefficient (Wildman–Crippen LogP) is 2.58. The number of thiophene rings is 1. The number of hydrogen-bond donors (Lipinski definition) is 1. The van der Waals surface area contributed by atoms with Crippen molar-refractivity contribution < 1.29 is 4.79 Å². The summed E-state index contributed by atoms with van der Waals surface area (Å²) in [5.41, 5.74) is 2.30. The van der Waals surface area contributed by atoms with E-state index in [0.717, 1.165) is 11.4 Å². The second kappa shape index (κ2) is 5.03. The summed E-state index contributed by atoms with van der Waals surface area (Å²) in [4.78, 5) is 11.9. The zero-order valence-electron chi connectivity index (χ0n) is 9.85. The number of hydrogen-bond acceptors (Lipinski definition) is 4. The molecule has 0 atom stereocenters. The molecule has 0 bridgehead atoms. The Kier molecular flexibility index (Phi) is 3.07. The van der Waals surface area contributed by atoms with Crippen LogP contribution in [0.15, 0.2) is 53.7 Å². The predicted molar refractivity (Wildman–Crippen MR) is 73.6 cm³/mol. The number of aromatic nitrogens is 3. The van der Waals surface area contributed by atoms with Crippen molar-refractivity contribution in [2.75, 3.05) is 5.32 Å². The summed E-state index contributed by atoms with van der Waals surface area (Å²) < 4.78 is 1.78. The van der Waals surface area contributed by atoms with E-state index in [1.165, 1.54) is 11.3 Å². The van der Waals surface area contributed by atoms with Crippen LogP contribution in [0.1, 0.15) is 10.4 Å². The van der Waals surface area contributed by atoms with Crippen LogP contribution < -0.4 is 5.32 Å². The third kappa shape index (κ3) is 2.53. The maximum Gasteiger partial charge on any atom is 0.256 e. The van der Waals surface area contributed by atoms with Crippen molar-refractivity contribution in [1.29, 1.82) is 0 Å². The van der Waals surface area contributed by atoms with E-state index in [0.29, 0.717) is 5.56 Å². The molecule has 5 nitrogen and oxygen atoms in total. The molecule has 1 aromatic carbocycles. The zero-order valence-corrected chi connectivity index (χ0v) is 10.7. The maximum absolute atomic E-state index is 11.9. The molecule has 0 aliphatic heterocycles. The highest BCUT2D eigenvalue weighted by atomic mass is 32.1. The molecule has 0 saturated carbocycles. The maximum atomic E-state index is 11.9. The Bertz CT molecular complexity index is 677. The summed E-state index contributed by atoms with van der Waals surface area (Å²) in [7, 11) is 0. The van der Waals surface area contributed by atoms with E-state index in [2.05, 4.69) is 15.5 Å². The molecule has 0 fully saturated rings. The fraction of sp³-hybridized carbons (Fsp3) is 0. The van der Waals surface area contributed by atoms with Gasteiger partial charge in [0, 0.05) is 11.1 Å². The van der Waals surface area contributed by atoms with Crippen molar-refractivity contribution in [1.82, 2.24) is 14.8 Å². The van der Waals surface area contributed by atoms with Gasteiger partial charge in [0.05, 0.1) is 11.3 Å².